The Bertz CT molecular complexity index is 432. The molecule has 0 bridgehead atoms. The van der Waals surface area contributed by atoms with Crippen molar-refractivity contribution < 1.29 is 8.78 Å². The van der Waals surface area contributed by atoms with Crippen LogP contribution < -0.4 is 10.2 Å². The fourth-order valence-corrected chi connectivity index (χ4v) is 1.95. The summed E-state index contributed by atoms with van der Waals surface area (Å²) in [7, 11) is 3.42. The van der Waals surface area contributed by atoms with Gasteiger partial charge in [0.15, 0.2) is 0 Å². The Morgan fingerprint density at radius 3 is 2.56 bits per heavy atom. The van der Waals surface area contributed by atoms with E-state index in [0.717, 1.165) is 30.0 Å². The molecule has 0 spiro atoms. The third kappa shape index (κ3) is 2.68. The molecule has 0 aromatic carbocycles. The summed E-state index contributed by atoms with van der Waals surface area (Å²) in [6.07, 6.45) is -0.194. The number of aromatic nitrogens is 2. The van der Waals surface area contributed by atoms with Crippen LogP contribution in [-0.4, -0.2) is 37.0 Å². The van der Waals surface area contributed by atoms with Gasteiger partial charge in [0.25, 0.3) is 6.43 Å². The summed E-state index contributed by atoms with van der Waals surface area (Å²) in [4.78, 5) is 10.4. The highest BCUT2D eigenvalue weighted by Crippen LogP contribution is 2.39. The molecule has 1 fully saturated rings. The smallest absolute Gasteiger partial charge is 0.255 e. The molecule has 1 heterocycles. The number of alkyl halides is 2. The van der Waals surface area contributed by atoms with E-state index in [1.165, 1.54) is 4.90 Å². The van der Waals surface area contributed by atoms with Gasteiger partial charge in [-0.05, 0) is 19.8 Å². The van der Waals surface area contributed by atoms with E-state index < -0.39 is 6.43 Å². The summed E-state index contributed by atoms with van der Waals surface area (Å²) in [5, 5.41) is 3.00. The van der Waals surface area contributed by atoms with E-state index in [9.17, 15) is 8.78 Å². The van der Waals surface area contributed by atoms with E-state index in [2.05, 4.69) is 15.3 Å². The van der Waals surface area contributed by atoms with Gasteiger partial charge in [0.1, 0.15) is 17.5 Å². The van der Waals surface area contributed by atoms with Crippen LogP contribution >= 0.6 is 0 Å². The first-order valence-corrected chi connectivity index (χ1v) is 6.08. The van der Waals surface area contributed by atoms with Gasteiger partial charge in [-0.15, -0.1) is 0 Å². The Morgan fingerprint density at radius 2 is 2.06 bits per heavy atom. The molecule has 0 amide bonds. The minimum absolute atomic E-state index is 0.314. The summed E-state index contributed by atoms with van der Waals surface area (Å²) in [5.41, 5.74) is 0.810. The van der Waals surface area contributed by atoms with Gasteiger partial charge in [0.2, 0.25) is 0 Å². The highest BCUT2D eigenvalue weighted by molar-refractivity contribution is 5.58. The predicted molar refractivity (Wildman–Crippen MR) is 67.6 cm³/mol. The molecule has 18 heavy (non-hydrogen) atoms. The molecule has 0 unspecified atom stereocenters. The van der Waals surface area contributed by atoms with E-state index in [0.29, 0.717) is 11.7 Å². The Labute approximate surface area is 105 Å². The average Bonchev–Trinajstić information content (AvgIpc) is 3.12. The molecule has 1 N–H and O–H groups in total. The van der Waals surface area contributed by atoms with E-state index >= 15 is 0 Å². The minimum Gasteiger partial charge on any atom is -0.373 e. The molecular formula is C12H18F2N4. The Hall–Kier alpha value is -1.46. The molecule has 0 aliphatic heterocycles. The number of hydrogen-bond acceptors (Lipinski definition) is 4. The van der Waals surface area contributed by atoms with Gasteiger partial charge in [-0.25, -0.2) is 18.7 Å². The Balaban J connectivity index is 2.34. The van der Waals surface area contributed by atoms with E-state index in [-0.39, 0.29) is 6.54 Å². The number of hydrogen-bond donors (Lipinski definition) is 1. The highest BCUT2D eigenvalue weighted by atomic mass is 19.3. The lowest BCUT2D eigenvalue weighted by Crippen LogP contribution is -2.26. The molecule has 2 rings (SSSR count). The van der Waals surface area contributed by atoms with Gasteiger partial charge < -0.3 is 10.2 Å². The third-order valence-electron chi connectivity index (χ3n) is 3.09. The van der Waals surface area contributed by atoms with Crippen LogP contribution in [0.5, 0.6) is 0 Å². The molecule has 1 aromatic rings. The topological polar surface area (TPSA) is 41.1 Å². The fraction of sp³-hybridized carbons (Fsp3) is 0.667. The third-order valence-corrected chi connectivity index (χ3v) is 3.09. The van der Waals surface area contributed by atoms with Crippen LogP contribution in [0.1, 0.15) is 30.1 Å². The number of anilines is 2. The zero-order valence-corrected chi connectivity index (χ0v) is 10.9. The summed E-state index contributed by atoms with van der Waals surface area (Å²) in [6, 6.07) is 0. The monoisotopic (exact) mass is 256 g/mol. The lowest BCUT2D eigenvalue weighted by molar-refractivity contribution is 0.156. The summed E-state index contributed by atoms with van der Waals surface area (Å²) in [6.45, 7) is 1.53. The largest absolute Gasteiger partial charge is 0.373 e. The molecule has 1 aliphatic carbocycles. The van der Waals surface area contributed by atoms with Gasteiger partial charge in [0.05, 0.1) is 6.54 Å². The second-order valence-electron chi connectivity index (χ2n) is 4.67. The van der Waals surface area contributed by atoms with E-state index in [4.69, 9.17) is 0 Å². The van der Waals surface area contributed by atoms with E-state index in [1.807, 2.05) is 6.92 Å². The summed E-state index contributed by atoms with van der Waals surface area (Å²) in [5.74, 6) is 2.48. The molecule has 100 valence electrons. The fourth-order valence-electron chi connectivity index (χ4n) is 1.95. The Kier molecular flexibility index (Phi) is 3.63. The van der Waals surface area contributed by atoms with Gasteiger partial charge in [-0.1, -0.05) is 0 Å². The number of nitrogens with zero attached hydrogens (tertiary/aromatic N) is 3. The van der Waals surface area contributed by atoms with Crippen LogP contribution in [-0.2, 0) is 0 Å². The minimum atomic E-state index is -2.37. The normalized spacial score (nSPS) is 15.0. The zero-order chi connectivity index (χ0) is 13.3. The standard InChI is InChI=1S/C12H18F2N4/c1-7-10(15-2)16-11(8-4-5-8)17-12(7)18(3)6-9(13)14/h8-9H,4-6H2,1-3H3,(H,15,16,17). The van der Waals surface area contributed by atoms with Crippen molar-refractivity contribution in [2.24, 2.45) is 0 Å². The van der Waals surface area contributed by atoms with Gasteiger partial charge in [-0.2, -0.15) is 0 Å². The molecule has 1 aliphatic rings. The van der Waals surface area contributed by atoms with Crippen molar-refractivity contribution in [3.8, 4) is 0 Å². The van der Waals surface area contributed by atoms with Crippen LogP contribution in [0.15, 0.2) is 0 Å². The second kappa shape index (κ2) is 5.04. The van der Waals surface area contributed by atoms with Gasteiger partial charge >= 0.3 is 0 Å². The molecular weight excluding hydrogens is 238 g/mol. The predicted octanol–water partition coefficient (Wildman–Crippen LogP) is 2.41. The summed E-state index contributed by atoms with van der Waals surface area (Å²) >= 11 is 0. The molecule has 1 aromatic heterocycles. The van der Waals surface area contributed by atoms with Crippen LogP contribution in [0, 0.1) is 6.92 Å². The van der Waals surface area contributed by atoms with Gasteiger partial charge in [-0.3, -0.25) is 0 Å². The first kappa shape index (κ1) is 13.0. The van der Waals surface area contributed by atoms with E-state index in [1.54, 1.807) is 14.1 Å². The van der Waals surface area contributed by atoms with Crippen molar-refractivity contribution in [2.75, 3.05) is 30.9 Å². The lowest BCUT2D eigenvalue weighted by atomic mass is 10.2. The van der Waals surface area contributed by atoms with Crippen molar-refractivity contribution in [2.45, 2.75) is 32.1 Å². The maximum Gasteiger partial charge on any atom is 0.255 e. The average molecular weight is 256 g/mol. The second-order valence-corrected chi connectivity index (χ2v) is 4.67. The van der Waals surface area contributed by atoms with Crippen LogP contribution in [0.2, 0.25) is 0 Å². The van der Waals surface area contributed by atoms with Gasteiger partial charge in [0, 0.05) is 25.6 Å². The number of rotatable bonds is 5. The Morgan fingerprint density at radius 1 is 1.39 bits per heavy atom. The maximum atomic E-state index is 12.5. The molecule has 1 saturated carbocycles. The maximum absolute atomic E-state index is 12.5. The van der Waals surface area contributed by atoms with Crippen molar-refractivity contribution in [1.29, 1.82) is 0 Å². The molecule has 0 saturated heterocycles. The zero-order valence-electron chi connectivity index (χ0n) is 10.9. The highest BCUT2D eigenvalue weighted by Gasteiger charge is 2.28. The summed E-state index contributed by atoms with van der Waals surface area (Å²) < 4.78 is 24.9. The molecule has 6 heteroatoms. The lowest BCUT2D eigenvalue weighted by Gasteiger charge is -2.21. The molecule has 0 radical (unpaired) electrons. The van der Waals surface area contributed by atoms with Crippen molar-refractivity contribution in [3.63, 3.8) is 0 Å². The first-order chi connectivity index (χ1) is 8.52. The van der Waals surface area contributed by atoms with Crippen LogP contribution in [0.3, 0.4) is 0 Å². The molecule has 4 nitrogen and oxygen atoms in total. The van der Waals surface area contributed by atoms with Crippen LogP contribution in [0.4, 0.5) is 20.4 Å². The van der Waals surface area contributed by atoms with Crippen molar-refractivity contribution in [1.82, 2.24) is 9.97 Å². The van der Waals surface area contributed by atoms with Crippen molar-refractivity contribution >= 4 is 11.6 Å². The SMILES string of the molecule is CNc1nc(C2CC2)nc(N(C)CC(F)F)c1C. The first-order valence-electron chi connectivity index (χ1n) is 6.08. The van der Waals surface area contributed by atoms with Crippen molar-refractivity contribution in [3.05, 3.63) is 11.4 Å². The van der Waals surface area contributed by atoms with Crippen LogP contribution in [0.25, 0.3) is 0 Å². The quantitative estimate of drug-likeness (QED) is 0.878. The molecule has 0 atom stereocenters. The number of nitrogens with one attached hydrogen (secondary N) is 1. The number of halogens is 2.